The van der Waals surface area contributed by atoms with Gasteiger partial charge in [0.1, 0.15) is 5.82 Å². The zero-order chi connectivity index (χ0) is 11.4. The van der Waals surface area contributed by atoms with Crippen LogP contribution in [0.2, 0.25) is 0 Å². The van der Waals surface area contributed by atoms with Gasteiger partial charge in [-0.1, -0.05) is 0 Å². The zero-order valence-corrected chi connectivity index (χ0v) is 9.59. The number of aryl methyl sites for hydroxylation is 1. The van der Waals surface area contributed by atoms with Crippen molar-refractivity contribution in [2.75, 3.05) is 5.43 Å². The molecule has 0 amide bonds. The first-order valence-electron chi connectivity index (χ1n) is 4.84. The molecular weight excluding hydrogens is 223 g/mol. The van der Waals surface area contributed by atoms with Gasteiger partial charge in [0.2, 0.25) is 0 Å². The minimum absolute atomic E-state index is 0.247. The van der Waals surface area contributed by atoms with Gasteiger partial charge in [-0.3, -0.25) is 5.43 Å². The number of benzene rings is 1. The molecule has 0 aliphatic rings. The van der Waals surface area contributed by atoms with E-state index < -0.39 is 0 Å². The Balaban J connectivity index is 2.00. The van der Waals surface area contributed by atoms with E-state index in [0.717, 1.165) is 10.6 Å². The molecule has 1 aromatic heterocycles. The van der Waals surface area contributed by atoms with Crippen LogP contribution in [-0.4, -0.2) is 6.21 Å². The third kappa shape index (κ3) is 2.67. The molecule has 0 spiro atoms. The average Bonchev–Trinajstić information content (AvgIpc) is 2.68. The lowest BCUT2D eigenvalue weighted by molar-refractivity contribution is 0.628. The molecule has 2 rings (SSSR count). The lowest BCUT2D eigenvalue weighted by Crippen LogP contribution is -1.90. The number of nitrogens with one attached hydrogen (secondary N) is 1. The highest BCUT2D eigenvalue weighted by Gasteiger charge is 1.94. The van der Waals surface area contributed by atoms with Crippen molar-refractivity contribution in [3.05, 3.63) is 52.0 Å². The number of rotatable bonds is 3. The molecule has 82 valence electrons. The quantitative estimate of drug-likeness (QED) is 0.636. The Morgan fingerprint density at radius 1 is 1.25 bits per heavy atom. The van der Waals surface area contributed by atoms with Crippen molar-refractivity contribution in [1.82, 2.24) is 0 Å². The number of hydrazone groups is 1. The van der Waals surface area contributed by atoms with Gasteiger partial charge in [-0.15, -0.1) is 11.3 Å². The summed E-state index contributed by atoms with van der Waals surface area (Å²) in [7, 11) is 0. The molecular formula is C12H11FN2S. The lowest BCUT2D eigenvalue weighted by atomic mass is 10.3. The molecule has 0 saturated heterocycles. The average molecular weight is 234 g/mol. The molecule has 0 unspecified atom stereocenters. The highest BCUT2D eigenvalue weighted by molar-refractivity contribution is 7.11. The Morgan fingerprint density at radius 3 is 2.62 bits per heavy atom. The van der Waals surface area contributed by atoms with Crippen LogP contribution in [0.4, 0.5) is 10.1 Å². The van der Waals surface area contributed by atoms with E-state index in [1.807, 2.05) is 18.4 Å². The molecule has 0 fully saturated rings. The maximum absolute atomic E-state index is 12.6. The van der Waals surface area contributed by atoms with Gasteiger partial charge < -0.3 is 0 Å². The molecule has 0 bridgehead atoms. The fourth-order valence-corrected chi connectivity index (χ4v) is 1.99. The molecule has 2 aromatic rings. The molecule has 1 heterocycles. The minimum atomic E-state index is -0.247. The number of thiophene rings is 1. The largest absolute Gasteiger partial charge is 0.278 e. The Bertz CT molecular complexity index is 488. The number of anilines is 1. The summed E-state index contributed by atoms with van der Waals surface area (Å²) in [5.41, 5.74) is 4.82. The van der Waals surface area contributed by atoms with Crippen molar-refractivity contribution in [2.24, 2.45) is 5.10 Å². The number of nitrogens with zero attached hydrogens (tertiary/aromatic N) is 1. The standard InChI is InChI=1S/C12H11FN2S/c1-9-6-7-16-12(9)8-14-15-11-4-2-10(13)3-5-11/h2-8,15H,1H3/b14-8-. The monoisotopic (exact) mass is 234 g/mol. The maximum atomic E-state index is 12.6. The molecule has 16 heavy (non-hydrogen) atoms. The van der Waals surface area contributed by atoms with Crippen LogP contribution in [0, 0.1) is 12.7 Å². The molecule has 0 saturated carbocycles. The van der Waals surface area contributed by atoms with E-state index in [1.54, 1.807) is 29.7 Å². The summed E-state index contributed by atoms with van der Waals surface area (Å²) < 4.78 is 12.6. The predicted molar refractivity (Wildman–Crippen MR) is 66.7 cm³/mol. The van der Waals surface area contributed by atoms with Gasteiger partial charge in [-0.05, 0) is 48.2 Å². The number of hydrogen-bond donors (Lipinski definition) is 1. The van der Waals surface area contributed by atoms with Crippen molar-refractivity contribution in [1.29, 1.82) is 0 Å². The Hall–Kier alpha value is -1.68. The second-order valence-corrected chi connectivity index (χ2v) is 4.29. The van der Waals surface area contributed by atoms with Crippen molar-refractivity contribution in [3.63, 3.8) is 0 Å². The van der Waals surface area contributed by atoms with Crippen LogP contribution in [0.15, 0.2) is 40.8 Å². The molecule has 4 heteroatoms. The third-order valence-electron chi connectivity index (χ3n) is 2.12. The highest BCUT2D eigenvalue weighted by atomic mass is 32.1. The van der Waals surface area contributed by atoms with Crippen molar-refractivity contribution >= 4 is 23.2 Å². The van der Waals surface area contributed by atoms with Crippen LogP contribution in [0.25, 0.3) is 0 Å². The second kappa shape index (κ2) is 4.90. The summed E-state index contributed by atoms with van der Waals surface area (Å²) >= 11 is 1.64. The fourth-order valence-electron chi connectivity index (χ4n) is 1.21. The van der Waals surface area contributed by atoms with Crippen LogP contribution in [0.1, 0.15) is 10.4 Å². The first-order valence-corrected chi connectivity index (χ1v) is 5.72. The van der Waals surface area contributed by atoms with Crippen LogP contribution in [0.3, 0.4) is 0 Å². The second-order valence-electron chi connectivity index (χ2n) is 3.34. The van der Waals surface area contributed by atoms with Gasteiger partial charge in [0.05, 0.1) is 11.9 Å². The minimum Gasteiger partial charge on any atom is -0.278 e. The van der Waals surface area contributed by atoms with E-state index in [4.69, 9.17) is 0 Å². The van der Waals surface area contributed by atoms with Gasteiger partial charge in [0, 0.05) is 4.88 Å². The van der Waals surface area contributed by atoms with Crippen LogP contribution < -0.4 is 5.43 Å². The van der Waals surface area contributed by atoms with E-state index in [2.05, 4.69) is 10.5 Å². The van der Waals surface area contributed by atoms with E-state index in [9.17, 15) is 4.39 Å². The summed E-state index contributed by atoms with van der Waals surface area (Å²) in [5, 5.41) is 6.11. The van der Waals surface area contributed by atoms with E-state index >= 15 is 0 Å². The topological polar surface area (TPSA) is 24.4 Å². The zero-order valence-electron chi connectivity index (χ0n) is 8.77. The van der Waals surface area contributed by atoms with Gasteiger partial charge in [-0.25, -0.2) is 4.39 Å². The first kappa shape index (κ1) is 10.8. The van der Waals surface area contributed by atoms with Crippen molar-refractivity contribution in [2.45, 2.75) is 6.92 Å². The lowest BCUT2D eigenvalue weighted by Gasteiger charge is -1.98. The summed E-state index contributed by atoms with van der Waals surface area (Å²) in [6.45, 7) is 2.04. The predicted octanol–water partition coefficient (Wildman–Crippen LogP) is 3.64. The van der Waals surface area contributed by atoms with Crippen LogP contribution in [-0.2, 0) is 0 Å². The third-order valence-corrected chi connectivity index (χ3v) is 3.07. The molecule has 0 radical (unpaired) electrons. The summed E-state index contributed by atoms with van der Waals surface area (Å²) in [6, 6.07) is 8.13. The number of hydrogen-bond acceptors (Lipinski definition) is 3. The van der Waals surface area contributed by atoms with Gasteiger partial charge in [0.25, 0.3) is 0 Å². The maximum Gasteiger partial charge on any atom is 0.123 e. The Morgan fingerprint density at radius 2 is 2.00 bits per heavy atom. The normalized spacial score (nSPS) is 10.9. The van der Waals surface area contributed by atoms with Crippen LogP contribution >= 0.6 is 11.3 Å². The Labute approximate surface area is 97.4 Å². The van der Waals surface area contributed by atoms with E-state index in [1.165, 1.54) is 17.7 Å². The van der Waals surface area contributed by atoms with E-state index in [0.29, 0.717) is 0 Å². The fraction of sp³-hybridized carbons (Fsp3) is 0.0833. The van der Waals surface area contributed by atoms with Crippen LogP contribution in [0.5, 0.6) is 0 Å². The SMILES string of the molecule is Cc1ccsc1/C=N\Nc1ccc(F)cc1. The van der Waals surface area contributed by atoms with Gasteiger partial charge >= 0.3 is 0 Å². The highest BCUT2D eigenvalue weighted by Crippen LogP contribution is 2.13. The molecule has 0 aliphatic carbocycles. The number of halogens is 1. The summed E-state index contributed by atoms with van der Waals surface area (Å²) in [5.74, 6) is -0.247. The van der Waals surface area contributed by atoms with Gasteiger partial charge in [0.15, 0.2) is 0 Å². The van der Waals surface area contributed by atoms with Crippen molar-refractivity contribution < 1.29 is 4.39 Å². The molecule has 1 aromatic carbocycles. The first-order chi connectivity index (χ1) is 7.75. The van der Waals surface area contributed by atoms with Gasteiger partial charge in [-0.2, -0.15) is 5.10 Å². The molecule has 0 atom stereocenters. The van der Waals surface area contributed by atoms with E-state index in [-0.39, 0.29) is 5.82 Å². The molecule has 1 N–H and O–H groups in total. The summed E-state index contributed by atoms with van der Waals surface area (Å²) in [4.78, 5) is 1.12. The smallest absolute Gasteiger partial charge is 0.123 e. The molecule has 0 aliphatic heterocycles. The molecule has 2 nitrogen and oxygen atoms in total. The van der Waals surface area contributed by atoms with Crippen molar-refractivity contribution in [3.8, 4) is 0 Å². The Kier molecular flexibility index (Phi) is 3.31. The summed E-state index contributed by atoms with van der Waals surface area (Å²) in [6.07, 6.45) is 1.77.